The SMILES string of the molecule is COC1(OC)CC[C@@]2(C)[C@H](CC[C@@H]3[C@@H]2CC[C@]2(C)[C@@H](c4ccc(=O)oc4)C[C@H]4O[C@]342)C1. The number of hydrogen-bond acceptors (Lipinski definition) is 5. The van der Waals surface area contributed by atoms with Gasteiger partial charge in [0.25, 0.3) is 0 Å². The minimum absolute atomic E-state index is 0.0156. The first-order valence-electron chi connectivity index (χ1n) is 12.2. The third kappa shape index (κ3) is 2.46. The van der Waals surface area contributed by atoms with Crippen LogP contribution in [0.5, 0.6) is 0 Å². The topological polar surface area (TPSA) is 61.2 Å². The predicted molar refractivity (Wildman–Crippen MR) is 116 cm³/mol. The van der Waals surface area contributed by atoms with E-state index in [-0.39, 0.29) is 16.6 Å². The molecule has 4 saturated carbocycles. The van der Waals surface area contributed by atoms with Gasteiger partial charge in [0.15, 0.2) is 5.79 Å². The van der Waals surface area contributed by atoms with E-state index < -0.39 is 5.79 Å². The van der Waals surface area contributed by atoms with Crippen molar-refractivity contribution < 1.29 is 18.6 Å². The average molecular weight is 429 g/mol. The first kappa shape index (κ1) is 20.4. The van der Waals surface area contributed by atoms with Crippen LogP contribution in [0, 0.1) is 28.6 Å². The summed E-state index contributed by atoms with van der Waals surface area (Å²) in [6.45, 7) is 5.01. The molecule has 1 aliphatic heterocycles. The van der Waals surface area contributed by atoms with E-state index in [2.05, 4.69) is 13.8 Å². The van der Waals surface area contributed by atoms with Gasteiger partial charge in [-0.1, -0.05) is 13.8 Å². The Morgan fingerprint density at radius 2 is 1.81 bits per heavy atom. The second-order valence-corrected chi connectivity index (χ2v) is 11.5. The molecule has 170 valence electrons. The highest BCUT2D eigenvalue weighted by atomic mass is 16.7. The summed E-state index contributed by atoms with van der Waals surface area (Å²) in [7, 11) is 3.60. The van der Waals surface area contributed by atoms with E-state index in [4.69, 9.17) is 18.6 Å². The van der Waals surface area contributed by atoms with Crippen LogP contribution in [0.25, 0.3) is 0 Å². The van der Waals surface area contributed by atoms with Gasteiger partial charge in [-0.15, -0.1) is 0 Å². The molecule has 1 aromatic heterocycles. The monoisotopic (exact) mass is 428 g/mol. The molecule has 5 nitrogen and oxygen atoms in total. The van der Waals surface area contributed by atoms with Crippen molar-refractivity contribution in [1.82, 2.24) is 0 Å². The summed E-state index contributed by atoms with van der Waals surface area (Å²) in [5.41, 5.74) is 1.39. The Hall–Kier alpha value is -1.17. The van der Waals surface area contributed by atoms with Crippen LogP contribution in [0.1, 0.15) is 76.7 Å². The molecule has 1 spiro atoms. The third-order valence-electron chi connectivity index (χ3n) is 11.0. The maximum atomic E-state index is 11.5. The van der Waals surface area contributed by atoms with Crippen molar-refractivity contribution in [2.75, 3.05) is 14.2 Å². The number of fused-ring (bicyclic) bond motifs is 3. The molecule has 2 heterocycles. The van der Waals surface area contributed by atoms with Crippen molar-refractivity contribution in [3.8, 4) is 0 Å². The fraction of sp³-hybridized carbons (Fsp3) is 0.808. The summed E-state index contributed by atoms with van der Waals surface area (Å²) in [4.78, 5) is 11.5. The largest absolute Gasteiger partial charge is 0.431 e. The van der Waals surface area contributed by atoms with E-state index in [1.807, 2.05) is 6.07 Å². The van der Waals surface area contributed by atoms with Gasteiger partial charge in [0, 0.05) is 38.5 Å². The van der Waals surface area contributed by atoms with Crippen LogP contribution in [-0.2, 0) is 14.2 Å². The van der Waals surface area contributed by atoms with Crippen molar-refractivity contribution in [2.24, 2.45) is 28.6 Å². The highest BCUT2D eigenvalue weighted by Crippen LogP contribution is 2.78. The molecule has 0 amide bonds. The van der Waals surface area contributed by atoms with Crippen LogP contribution in [0.15, 0.2) is 27.6 Å². The van der Waals surface area contributed by atoms with E-state index in [1.54, 1.807) is 26.5 Å². The van der Waals surface area contributed by atoms with Crippen molar-refractivity contribution in [2.45, 2.75) is 88.6 Å². The molecule has 5 fully saturated rings. The van der Waals surface area contributed by atoms with Gasteiger partial charge < -0.3 is 18.6 Å². The summed E-state index contributed by atoms with van der Waals surface area (Å²) >= 11 is 0. The number of ether oxygens (including phenoxy) is 3. The summed E-state index contributed by atoms with van der Waals surface area (Å²) in [6.07, 6.45) is 11.2. The molecule has 0 radical (unpaired) electrons. The van der Waals surface area contributed by atoms with Gasteiger partial charge >= 0.3 is 5.63 Å². The molecule has 0 N–H and O–H groups in total. The fourth-order valence-corrected chi connectivity index (χ4v) is 9.15. The van der Waals surface area contributed by atoms with Gasteiger partial charge in [-0.25, -0.2) is 4.79 Å². The van der Waals surface area contributed by atoms with Gasteiger partial charge in [0.05, 0.1) is 12.4 Å². The van der Waals surface area contributed by atoms with E-state index >= 15 is 0 Å². The minimum Gasteiger partial charge on any atom is -0.431 e. The number of methoxy groups -OCH3 is 2. The van der Waals surface area contributed by atoms with E-state index in [1.165, 1.54) is 37.7 Å². The lowest BCUT2D eigenvalue weighted by atomic mass is 9.44. The summed E-state index contributed by atoms with van der Waals surface area (Å²) in [6, 6.07) is 3.56. The normalized spacial score (nSPS) is 49.5. The maximum absolute atomic E-state index is 11.5. The van der Waals surface area contributed by atoms with Crippen molar-refractivity contribution >= 4 is 0 Å². The molecule has 5 heteroatoms. The number of hydrogen-bond donors (Lipinski definition) is 0. The van der Waals surface area contributed by atoms with Crippen LogP contribution in [0.3, 0.4) is 0 Å². The Morgan fingerprint density at radius 1 is 1.00 bits per heavy atom. The maximum Gasteiger partial charge on any atom is 0.335 e. The van der Waals surface area contributed by atoms with Crippen LogP contribution in [0.2, 0.25) is 0 Å². The number of rotatable bonds is 3. The highest BCUT2D eigenvalue weighted by molar-refractivity contribution is 5.35. The predicted octanol–water partition coefficient (Wildman–Crippen LogP) is 4.89. The van der Waals surface area contributed by atoms with Crippen LogP contribution in [0.4, 0.5) is 0 Å². The third-order valence-corrected chi connectivity index (χ3v) is 11.0. The molecule has 8 atom stereocenters. The Bertz CT molecular complexity index is 915. The lowest BCUT2D eigenvalue weighted by molar-refractivity contribution is -0.262. The first-order chi connectivity index (χ1) is 14.8. The molecule has 0 aromatic carbocycles. The molecule has 1 saturated heterocycles. The first-order valence-corrected chi connectivity index (χ1v) is 12.2. The van der Waals surface area contributed by atoms with Crippen molar-refractivity contribution in [1.29, 1.82) is 0 Å². The summed E-state index contributed by atoms with van der Waals surface area (Å²) in [5, 5.41) is 0. The van der Waals surface area contributed by atoms with Gasteiger partial charge in [-0.3, -0.25) is 0 Å². The standard InChI is InChI=1S/C26H36O5/c1-23-11-12-25(28-3,29-4)14-17(23)6-7-19-18(23)9-10-24(2)20(13-21-26(19,24)31-21)16-5-8-22(27)30-15-16/h5,8,15,17-21H,6-7,9-14H2,1-4H3/t17-,18+,19-,20-,21-,23+,24-,26-/m1/s1. The van der Waals surface area contributed by atoms with Gasteiger partial charge in [0.1, 0.15) is 5.60 Å². The van der Waals surface area contributed by atoms with Crippen molar-refractivity contribution in [3.05, 3.63) is 34.4 Å². The van der Waals surface area contributed by atoms with E-state index in [0.29, 0.717) is 35.2 Å². The Balaban J connectivity index is 1.31. The second kappa shape index (κ2) is 6.45. The second-order valence-electron chi connectivity index (χ2n) is 11.5. The lowest BCUT2D eigenvalue weighted by Crippen LogP contribution is -2.59. The minimum atomic E-state index is -0.396. The zero-order valence-corrected chi connectivity index (χ0v) is 19.3. The quantitative estimate of drug-likeness (QED) is 0.507. The fourth-order valence-electron chi connectivity index (χ4n) is 9.15. The van der Waals surface area contributed by atoms with Gasteiger partial charge in [-0.2, -0.15) is 0 Å². The molecular formula is C26H36O5. The molecule has 0 bridgehead atoms. The van der Waals surface area contributed by atoms with Gasteiger partial charge in [-0.05, 0) is 79.2 Å². The molecule has 5 aliphatic rings. The average Bonchev–Trinajstić information content (AvgIpc) is 3.44. The molecule has 6 rings (SSSR count). The molecule has 31 heavy (non-hydrogen) atoms. The molecule has 1 aromatic rings. The van der Waals surface area contributed by atoms with Crippen molar-refractivity contribution in [3.63, 3.8) is 0 Å². The Labute approximate surface area is 184 Å². The zero-order valence-electron chi connectivity index (χ0n) is 19.3. The lowest BCUT2D eigenvalue weighted by Gasteiger charge is -2.62. The number of epoxide rings is 1. The Kier molecular flexibility index (Phi) is 4.25. The van der Waals surface area contributed by atoms with Crippen LogP contribution >= 0.6 is 0 Å². The highest BCUT2D eigenvalue weighted by Gasteiger charge is 2.80. The summed E-state index contributed by atoms with van der Waals surface area (Å²) in [5.74, 6) is 2.02. The van der Waals surface area contributed by atoms with Gasteiger partial charge in [0.2, 0.25) is 0 Å². The van der Waals surface area contributed by atoms with E-state index in [9.17, 15) is 4.79 Å². The van der Waals surface area contributed by atoms with Crippen LogP contribution in [-0.4, -0.2) is 31.7 Å². The Morgan fingerprint density at radius 3 is 2.52 bits per heavy atom. The van der Waals surface area contributed by atoms with Crippen LogP contribution < -0.4 is 5.63 Å². The summed E-state index contributed by atoms with van der Waals surface area (Å²) < 4.78 is 23.6. The van der Waals surface area contributed by atoms with E-state index in [0.717, 1.165) is 19.3 Å². The molecule has 0 unspecified atom stereocenters. The molecular weight excluding hydrogens is 392 g/mol. The molecule has 4 aliphatic carbocycles. The zero-order chi connectivity index (χ0) is 21.6. The smallest absolute Gasteiger partial charge is 0.335 e.